The molecule has 36 heavy (non-hydrogen) atoms. The van der Waals surface area contributed by atoms with Crippen LogP contribution in [0.25, 0.3) is 0 Å². The van der Waals surface area contributed by atoms with Crippen molar-refractivity contribution < 1.29 is 33.3 Å². The molecule has 3 N–H and O–H groups in total. The number of carbonyl (C=O) groups is 1. The number of nitrogens with one attached hydrogen (secondary N) is 1. The summed E-state index contributed by atoms with van der Waals surface area (Å²) >= 11 is 0. The Morgan fingerprint density at radius 1 is 1.14 bits per heavy atom. The van der Waals surface area contributed by atoms with Gasteiger partial charge in [0, 0.05) is 24.1 Å². The molecule has 198 valence electrons. The Morgan fingerprint density at radius 2 is 1.81 bits per heavy atom. The molecule has 1 aliphatic rings. The molecular formula is C28H37F2NO5. The minimum atomic E-state index is -3.02. The number of rotatable bonds is 14. The number of alkyl halides is 2. The van der Waals surface area contributed by atoms with Gasteiger partial charge in [-0.1, -0.05) is 36.4 Å². The highest BCUT2D eigenvalue weighted by Gasteiger charge is 2.28. The number of ether oxygens (including phenoxy) is 2. The molecule has 8 heteroatoms. The fourth-order valence-electron chi connectivity index (χ4n) is 5.06. The van der Waals surface area contributed by atoms with E-state index in [-0.39, 0.29) is 30.7 Å². The molecule has 0 aliphatic heterocycles. The first-order valence-electron chi connectivity index (χ1n) is 12.4. The molecule has 6 nitrogen and oxygen atoms in total. The number of aliphatic carboxylic acids is 1. The van der Waals surface area contributed by atoms with E-state index < -0.39 is 24.8 Å². The number of β-amino-alcohol motifs (C(OH)–C–C–N with tert-alkyl or cyclic N) is 1. The van der Waals surface area contributed by atoms with Crippen LogP contribution in [0, 0.1) is 5.92 Å². The first-order chi connectivity index (χ1) is 17.0. The summed E-state index contributed by atoms with van der Waals surface area (Å²) in [6.45, 7) is 3.38. The van der Waals surface area contributed by atoms with Crippen LogP contribution < -0.4 is 10.1 Å². The van der Waals surface area contributed by atoms with E-state index in [9.17, 15) is 18.7 Å². The van der Waals surface area contributed by atoms with Gasteiger partial charge in [0.1, 0.15) is 5.75 Å². The van der Waals surface area contributed by atoms with Crippen molar-refractivity contribution in [2.75, 3.05) is 13.2 Å². The molecule has 2 aromatic carbocycles. The van der Waals surface area contributed by atoms with Gasteiger partial charge in [0.15, 0.2) is 0 Å². The molecule has 1 unspecified atom stereocenters. The number of carboxylic acids is 1. The predicted octanol–water partition coefficient (Wildman–Crippen LogP) is 4.92. The summed E-state index contributed by atoms with van der Waals surface area (Å²) in [6.07, 6.45) is 1.62. The molecule has 0 aromatic heterocycles. The van der Waals surface area contributed by atoms with Crippen LogP contribution in [0.4, 0.5) is 8.78 Å². The van der Waals surface area contributed by atoms with Gasteiger partial charge in [0.2, 0.25) is 0 Å². The summed E-state index contributed by atoms with van der Waals surface area (Å²) in [6, 6.07) is 13.2. The lowest BCUT2D eigenvalue weighted by Crippen LogP contribution is -2.45. The normalized spacial score (nSPS) is 15.6. The summed E-state index contributed by atoms with van der Waals surface area (Å²) in [5.74, 6) is -0.533. The van der Waals surface area contributed by atoms with Crippen LogP contribution in [0.1, 0.15) is 62.0 Å². The van der Waals surface area contributed by atoms with Crippen molar-refractivity contribution in [2.45, 2.75) is 77.2 Å². The van der Waals surface area contributed by atoms with Gasteiger partial charge >= 0.3 is 12.6 Å². The molecule has 0 amide bonds. The average molecular weight is 506 g/mol. The molecule has 0 heterocycles. The number of halogens is 2. The van der Waals surface area contributed by atoms with Crippen molar-refractivity contribution in [1.29, 1.82) is 0 Å². The van der Waals surface area contributed by atoms with E-state index >= 15 is 0 Å². The monoisotopic (exact) mass is 505 g/mol. The van der Waals surface area contributed by atoms with Crippen LogP contribution in [0.15, 0.2) is 42.5 Å². The Kier molecular flexibility index (Phi) is 9.82. The molecule has 0 fully saturated rings. The second-order valence-electron chi connectivity index (χ2n) is 10.2. The first-order valence-corrected chi connectivity index (χ1v) is 12.4. The third-order valence-corrected chi connectivity index (χ3v) is 6.70. The van der Waals surface area contributed by atoms with E-state index in [1.165, 1.54) is 17.2 Å². The zero-order valence-corrected chi connectivity index (χ0v) is 21.2. The van der Waals surface area contributed by atoms with Gasteiger partial charge < -0.3 is 25.0 Å². The Balaban J connectivity index is 1.51. The number of hydrogen-bond acceptors (Lipinski definition) is 5. The van der Waals surface area contributed by atoms with Crippen molar-refractivity contribution in [3.63, 3.8) is 0 Å². The predicted molar refractivity (Wildman–Crippen MR) is 133 cm³/mol. The second kappa shape index (κ2) is 12.6. The largest absolute Gasteiger partial charge is 0.481 e. The van der Waals surface area contributed by atoms with Crippen LogP contribution in [0.3, 0.4) is 0 Å². The standard InChI is InChI=1S/C28H37F2NO5/c1-18(23-9-6-10-25(36-27(29)30)24(23)11-12-26(33)34)35-17-22(32)16-31-28(2,3)15-19-13-20-7-4-5-8-21(20)14-19/h4-10,18-19,22,27,31-32H,11-17H2,1-3H3,(H,33,34)/t18?,22-/m1/s1. The number of fused-ring (bicyclic) bond motifs is 1. The van der Waals surface area contributed by atoms with Gasteiger partial charge in [-0.3, -0.25) is 4.79 Å². The lowest BCUT2D eigenvalue weighted by molar-refractivity contribution is -0.136. The smallest absolute Gasteiger partial charge is 0.387 e. The van der Waals surface area contributed by atoms with Crippen LogP contribution in [0.2, 0.25) is 0 Å². The van der Waals surface area contributed by atoms with Crippen LogP contribution in [-0.4, -0.2) is 47.6 Å². The molecule has 0 saturated carbocycles. The summed E-state index contributed by atoms with van der Waals surface area (Å²) < 4.78 is 36.2. The Hall–Kier alpha value is -2.55. The van der Waals surface area contributed by atoms with Gasteiger partial charge in [-0.2, -0.15) is 8.78 Å². The molecule has 2 atom stereocenters. The molecule has 0 bridgehead atoms. The Morgan fingerprint density at radius 3 is 2.42 bits per heavy atom. The first kappa shape index (κ1) is 28.0. The van der Waals surface area contributed by atoms with Gasteiger partial charge in [-0.15, -0.1) is 0 Å². The highest BCUT2D eigenvalue weighted by molar-refractivity contribution is 5.67. The summed E-state index contributed by atoms with van der Waals surface area (Å²) in [7, 11) is 0. The molecular weight excluding hydrogens is 468 g/mol. The average Bonchev–Trinajstić information content (AvgIpc) is 3.21. The summed E-state index contributed by atoms with van der Waals surface area (Å²) in [4.78, 5) is 11.1. The summed E-state index contributed by atoms with van der Waals surface area (Å²) in [5, 5.41) is 23.0. The third kappa shape index (κ3) is 8.25. The van der Waals surface area contributed by atoms with E-state index in [0.29, 0.717) is 23.6 Å². The number of aliphatic hydroxyl groups is 1. The van der Waals surface area contributed by atoms with Crippen molar-refractivity contribution in [3.05, 3.63) is 64.7 Å². The van der Waals surface area contributed by atoms with Crippen molar-refractivity contribution >= 4 is 5.97 Å². The second-order valence-corrected chi connectivity index (χ2v) is 10.2. The lowest BCUT2D eigenvalue weighted by atomic mass is 9.88. The Bertz CT molecular complexity index is 988. The molecule has 2 aromatic rings. The maximum atomic E-state index is 12.9. The van der Waals surface area contributed by atoms with Crippen LogP contribution in [0.5, 0.6) is 5.75 Å². The Labute approximate surface area is 211 Å². The zero-order chi connectivity index (χ0) is 26.3. The van der Waals surface area contributed by atoms with Crippen LogP contribution in [-0.2, 0) is 28.8 Å². The SMILES string of the molecule is CC(OC[C@H](O)CNC(C)(C)CC1Cc2ccccc2C1)c1cccc(OC(F)F)c1CCC(=O)O. The van der Waals surface area contributed by atoms with E-state index in [2.05, 4.69) is 48.2 Å². The minimum Gasteiger partial charge on any atom is -0.481 e. The fourth-order valence-corrected chi connectivity index (χ4v) is 5.06. The van der Waals surface area contributed by atoms with Gasteiger partial charge in [0.05, 0.1) is 18.8 Å². The highest BCUT2D eigenvalue weighted by atomic mass is 19.3. The summed E-state index contributed by atoms with van der Waals surface area (Å²) in [5.41, 5.74) is 3.62. The molecule has 0 spiro atoms. The lowest BCUT2D eigenvalue weighted by Gasteiger charge is -2.31. The van der Waals surface area contributed by atoms with E-state index in [0.717, 1.165) is 19.3 Å². The maximum Gasteiger partial charge on any atom is 0.387 e. The molecule has 1 aliphatic carbocycles. The van der Waals surface area contributed by atoms with E-state index in [1.54, 1.807) is 19.1 Å². The maximum absolute atomic E-state index is 12.9. The van der Waals surface area contributed by atoms with E-state index in [4.69, 9.17) is 9.84 Å². The molecule has 0 saturated heterocycles. The molecule has 3 rings (SSSR count). The topological polar surface area (TPSA) is 88.0 Å². The highest BCUT2D eigenvalue weighted by Crippen LogP contribution is 2.33. The van der Waals surface area contributed by atoms with Gasteiger partial charge in [-0.05, 0) is 75.1 Å². The van der Waals surface area contributed by atoms with Gasteiger partial charge in [-0.25, -0.2) is 0 Å². The van der Waals surface area contributed by atoms with Crippen molar-refractivity contribution in [3.8, 4) is 5.75 Å². The number of benzene rings is 2. The quantitative estimate of drug-likeness (QED) is 0.338. The van der Waals surface area contributed by atoms with Gasteiger partial charge in [0.25, 0.3) is 0 Å². The number of hydrogen-bond donors (Lipinski definition) is 3. The zero-order valence-electron chi connectivity index (χ0n) is 21.2. The van der Waals surface area contributed by atoms with Crippen molar-refractivity contribution in [2.24, 2.45) is 5.92 Å². The number of aliphatic hydroxyl groups excluding tert-OH is 1. The molecule has 0 radical (unpaired) electrons. The van der Waals surface area contributed by atoms with E-state index in [1.807, 2.05) is 0 Å². The minimum absolute atomic E-state index is 0.0323. The fraction of sp³-hybridized carbons (Fsp3) is 0.536. The third-order valence-electron chi connectivity index (χ3n) is 6.70. The van der Waals surface area contributed by atoms with Crippen LogP contribution >= 0.6 is 0 Å². The van der Waals surface area contributed by atoms with Crippen molar-refractivity contribution in [1.82, 2.24) is 5.32 Å². The number of carboxylic acid groups (broad SMARTS) is 1.